The lowest BCUT2D eigenvalue weighted by atomic mass is 10.2. The van der Waals surface area contributed by atoms with Gasteiger partial charge in [-0.15, -0.1) is 11.3 Å². The van der Waals surface area contributed by atoms with Crippen LogP contribution in [-0.2, 0) is 0 Å². The lowest BCUT2D eigenvalue weighted by Crippen LogP contribution is -2.34. The van der Waals surface area contributed by atoms with E-state index in [9.17, 15) is 9.90 Å². The molecule has 0 atom stereocenters. The number of para-hydroxylation sites is 2. The quantitative estimate of drug-likeness (QED) is 0.745. The summed E-state index contributed by atoms with van der Waals surface area (Å²) in [6, 6.07) is 8.85. The number of nitrogens with two attached hydrogens (primary N) is 1. The summed E-state index contributed by atoms with van der Waals surface area (Å²) < 4.78 is 1.60. The van der Waals surface area contributed by atoms with E-state index < -0.39 is 0 Å². The largest absolute Gasteiger partial charge is 0.397 e. The summed E-state index contributed by atoms with van der Waals surface area (Å²) in [7, 11) is 0. The molecule has 3 N–H and O–H groups in total. The fourth-order valence-electron chi connectivity index (χ4n) is 1.80. The standard InChI is InChI=1S/C13H12Br2N2O2S/c14-11-7-8(12(15)20-11)13(19)17(5-6-18)10-4-2-1-3-9(10)16/h1-4,7,18H,5-6,16H2. The van der Waals surface area contributed by atoms with E-state index in [1.165, 1.54) is 16.2 Å². The molecule has 106 valence electrons. The van der Waals surface area contributed by atoms with Gasteiger partial charge < -0.3 is 15.7 Å². The van der Waals surface area contributed by atoms with Crippen molar-refractivity contribution in [3.63, 3.8) is 0 Å². The van der Waals surface area contributed by atoms with Crippen LogP contribution in [0, 0.1) is 0 Å². The third kappa shape index (κ3) is 3.22. The zero-order valence-corrected chi connectivity index (χ0v) is 14.3. The highest BCUT2D eigenvalue weighted by Crippen LogP contribution is 2.34. The van der Waals surface area contributed by atoms with Crippen molar-refractivity contribution in [3.8, 4) is 0 Å². The van der Waals surface area contributed by atoms with Gasteiger partial charge in [0.05, 0.1) is 31.1 Å². The van der Waals surface area contributed by atoms with Crippen LogP contribution < -0.4 is 10.6 Å². The topological polar surface area (TPSA) is 66.6 Å². The molecule has 1 aromatic heterocycles. The summed E-state index contributed by atoms with van der Waals surface area (Å²) in [5.41, 5.74) is 7.55. The molecule has 0 aliphatic carbocycles. The van der Waals surface area contributed by atoms with Crippen LogP contribution in [0.5, 0.6) is 0 Å². The third-order valence-electron chi connectivity index (χ3n) is 2.68. The molecule has 4 nitrogen and oxygen atoms in total. The van der Waals surface area contributed by atoms with E-state index in [4.69, 9.17) is 5.73 Å². The number of anilines is 2. The molecule has 0 saturated heterocycles. The molecule has 0 aliphatic rings. The first kappa shape index (κ1) is 15.5. The Bertz CT molecular complexity index is 631. The Labute approximate surface area is 137 Å². The first-order valence-electron chi connectivity index (χ1n) is 5.76. The van der Waals surface area contributed by atoms with Crippen molar-refractivity contribution >= 4 is 60.5 Å². The molecule has 20 heavy (non-hydrogen) atoms. The maximum atomic E-state index is 12.6. The fourth-order valence-corrected chi connectivity index (χ4v) is 4.57. The summed E-state index contributed by atoms with van der Waals surface area (Å²) in [5, 5.41) is 9.21. The van der Waals surface area contributed by atoms with Crippen LogP contribution >= 0.6 is 43.2 Å². The predicted octanol–water partition coefficient (Wildman–Crippen LogP) is 3.49. The Morgan fingerprint density at radius 1 is 1.35 bits per heavy atom. The molecule has 1 aromatic carbocycles. The number of aliphatic hydroxyl groups is 1. The van der Waals surface area contributed by atoms with Crippen LogP contribution in [0.3, 0.4) is 0 Å². The molecule has 1 heterocycles. The van der Waals surface area contributed by atoms with Crippen LogP contribution in [0.4, 0.5) is 11.4 Å². The number of halogens is 2. The number of hydrogen-bond acceptors (Lipinski definition) is 4. The molecule has 0 aliphatic heterocycles. The van der Waals surface area contributed by atoms with Gasteiger partial charge in [-0.1, -0.05) is 12.1 Å². The molecule has 7 heteroatoms. The van der Waals surface area contributed by atoms with Crippen LogP contribution in [0.2, 0.25) is 0 Å². The summed E-state index contributed by atoms with van der Waals surface area (Å²) >= 11 is 8.15. The van der Waals surface area contributed by atoms with E-state index >= 15 is 0 Å². The number of carbonyl (C=O) groups excluding carboxylic acids is 1. The van der Waals surface area contributed by atoms with E-state index in [0.717, 1.165) is 7.57 Å². The van der Waals surface area contributed by atoms with Crippen molar-refractivity contribution in [1.82, 2.24) is 0 Å². The van der Waals surface area contributed by atoms with Crippen LogP contribution in [-0.4, -0.2) is 24.2 Å². The molecule has 2 rings (SSSR count). The molecular formula is C13H12Br2N2O2S. The lowest BCUT2D eigenvalue weighted by molar-refractivity contribution is 0.0981. The highest BCUT2D eigenvalue weighted by Gasteiger charge is 2.22. The Morgan fingerprint density at radius 3 is 2.60 bits per heavy atom. The Hall–Kier alpha value is -0.890. The fraction of sp³-hybridized carbons (Fsp3) is 0.154. The van der Waals surface area contributed by atoms with Crippen molar-refractivity contribution in [2.45, 2.75) is 0 Å². The number of rotatable bonds is 4. The average molecular weight is 420 g/mol. The maximum Gasteiger partial charge on any atom is 0.260 e. The number of thiophene rings is 1. The zero-order chi connectivity index (χ0) is 14.7. The molecule has 1 amide bonds. The Balaban J connectivity index is 2.41. The van der Waals surface area contributed by atoms with Gasteiger partial charge in [-0.2, -0.15) is 0 Å². The number of hydrogen-bond donors (Lipinski definition) is 2. The number of amides is 1. The molecule has 0 bridgehead atoms. The van der Waals surface area contributed by atoms with E-state index in [0.29, 0.717) is 16.9 Å². The van der Waals surface area contributed by atoms with Crippen LogP contribution in [0.1, 0.15) is 10.4 Å². The van der Waals surface area contributed by atoms with Crippen molar-refractivity contribution in [2.75, 3.05) is 23.8 Å². The van der Waals surface area contributed by atoms with E-state index in [-0.39, 0.29) is 19.1 Å². The van der Waals surface area contributed by atoms with Gasteiger partial charge in [0.2, 0.25) is 0 Å². The van der Waals surface area contributed by atoms with Gasteiger partial charge in [0.1, 0.15) is 0 Å². The highest BCUT2D eigenvalue weighted by molar-refractivity contribution is 9.12. The molecule has 0 radical (unpaired) electrons. The minimum absolute atomic E-state index is 0.136. The minimum Gasteiger partial charge on any atom is -0.397 e. The normalized spacial score (nSPS) is 10.6. The molecule has 0 saturated carbocycles. The summed E-state index contributed by atoms with van der Waals surface area (Å²) in [5.74, 6) is -0.203. The van der Waals surface area contributed by atoms with Gasteiger partial charge in [-0.25, -0.2) is 0 Å². The third-order valence-corrected chi connectivity index (χ3v) is 5.02. The predicted molar refractivity (Wildman–Crippen MR) is 89.3 cm³/mol. The van der Waals surface area contributed by atoms with Crippen molar-refractivity contribution in [3.05, 3.63) is 43.5 Å². The van der Waals surface area contributed by atoms with Gasteiger partial charge in [0.25, 0.3) is 5.91 Å². The molecule has 0 fully saturated rings. The highest BCUT2D eigenvalue weighted by atomic mass is 79.9. The Kier molecular flexibility index (Phi) is 5.20. The van der Waals surface area contributed by atoms with Crippen molar-refractivity contribution in [1.29, 1.82) is 0 Å². The average Bonchev–Trinajstić information content (AvgIpc) is 2.75. The van der Waals surface area contributed by atoms with Gasteiger partial charge in [-0.3, -0.25) is 4.79 Å². The minimum atomic E-state index is -0.203. The number of benzene rings is 1. The summed E-state index contributed by atoms with van der Waals surface area (Å²) in [6.45, 7) is 0.0515. The monoisotopic (exact) mass is 418 g/mol. The second-order valence-electron chi connectivity index (χ2n) is 3.98. The zero-order valence-electron chi connectivity index (χ0n) is 10.3. The smallest absolute Gasteiger partial charge is 0.260 e. The van der Waals surface area contributed by atoms with Gasteiger partial charge in [0, 0.05) is 6.54 Å². The molecular weight excluding hydrogens is 408 g/mol. The molecule has 2 aromatic rings. The van der Waals surface area contributed by atoms with Crippen molar-refractivity contribution < 1.29 is 9.90 Å². The van der Waals surface area contributed by atoms with Gasteiger partial charge in [-0.05, 0) is 50.1 Å². The number of nitrogen functional groups attached to an aromatic ring is 1. The Morgan fingerprint density at radius 2 is 2.05 bits per heavy atom. The lowest BCUT2D eigenvalue weighted by Gasteiger charge is -2.23. The van der Waals surface area contributed by atoms with E-state index in [2.05, 4.69) is 31.9 Å². The summed E-state index contributed by atoms with van der Waals surface area (Å²) in [6.07, 6.45) is 0. The second kappa shape index (κ2) is 6.71. The number of nitrogens with zero attached hydrogens (tertiary/aromatic N) is 1. The number of aliphatic hydroxyl groups excluding tert-OH is 1. The second-order valence-corrected chi connectivity index (χ2v) is 7.73. The van der Waals surface area contributed by atoms with E-state index in [1.54, 1.807) is 24.3 Å². The van der Waals surface area contributed by atoms with Crippen molar-refractivity contribution in [2.24, 2.45) is 0 Å². The van der Waals surface area contributed by atoms with Gasteiger partial charge in [0.15, 0.2) is 0 Å². The number of carbonyl (C=O) groups is 1. The summed E-state index contributed by atoms with van der Waals surface area (Å²) in [4.78, 5) is 14.1. The first-order valence-corrected chi connectivity index (χ1v) is 8.17. The van der Waals surface area contributed by atoms with E-state index in [1.807, 2.05) is 6.07 Å². The van der Waals surface area contributed by atoms with Crippen LogP contribution in [0.15, 0.2) is 37.9 Å². The van der Waals surface area contributed by atoms with Gasteiger partial charge >= 0.3 is 0 Å². The maximum absolute atomic E-state index is 12.6. The molecule has 0 unspecified atom stereocenters. The van der Waals surface area contributed by atoms with Crippen LogP contribution in [0.25, 0.3) is 0 Å². The molecule has 0 spiro atoms. The first-order chi connectivity index (χ1) is 9.54. The SMILES string of the molecule is Nc1ccccc1N(CCO)C(=O)c1cc(Br)sc1Br.